The van der Waals surface area contributed by atoms with Crippen molar-refractivity contribution in [3.05, 3.63) is 0 Å². The van der Waals surface area contributed by atoms with Gasteiger partial charge in [-0.05, 0) is 6.92 Å². The fourth-order valence-corrected chi connectivity index (χ4v) is 0.963. The summed E-state index contributed by atoms with van der Waals surface area (Å²) in [6, 6.07) is 0. The summed E-state index contributed by atoms with van der Waals surface area (Å²) in [6.07, 6.45) is 0. The molecule has 0 amide bonds. The minimum Gasteiger partial charge on any atom is -0.412 e. The van der Waals surface area contributed by atoms with Crippen LogP contribution >= 0.6 is 0 Å². The van der Waals surface area contributed by atoms with Gasteiger partial charge in [0.25, 0.3) is 0 Å². The zero-order valence-electron chi connectivity index (χ0n) is 8.02. The molecule has 4 N–H and O–H groups in total. The number of ether oxygens (including phenoxy) is 1. The summed E-state index contributed by atoms with van der Waals surface area (Å²) >= 11 is 0. The van der Waals surface area contributed by atoms with Crippen molar-refractivity contribution in [3.8, 4) is 0 Å². The van der Waals surface area contributed by atoms with Gasteiger partial charge < -0.3 is 15.5 Å². The molecular weight excluding hydrogens is 214 g/mol. The Morgan fingerprint density at radius 2 is 1.93 bits per heavy atom. The number of nitrogens with one attached hydrogen (secondary N) is 1. The second kappa shape index (κ2) is 9.31. The predicted octanol–water partition coefficient (Wildman–Crippen LogP) is -1.39. The smallest absolute Gasteiger partial charge is 0.397 e. The first-order chi connectivity index (χ1) is 6.06. The van der Waals surface area contributed by atoms with Crippen LogP contribution in [-0.4, -0.2) is 51.4 Å². The highest BCUT2D eigenvalue weighted by atomic mass is 32.3. The number of morpholine rings is 1. The summed E-state index contributed by atoms with van der Waals surface area (Å²) in [6.45, 7) is 5.27. The van der Waals surface area contributed by atoms with Gasteiger partial charge in [0, 0.05) is 13.1 Å². The topological polar surface area (TPSA) is 116 Å². The molecule has 0 atom stereocenters. The average molecular weight is 231 g/mol. The largest absolute Gasteiger partial charge is 0.412 e. The lowest BCUT2D eigenvalue weighted by Gasteiger charge is -2.10. The van der Waals surface area contributed by atoms with Crippen LogP contribution in [0.3, 0.4) is 0 Å². The standard InChI is InChI=1S/C4H9NO.C2H6O4S.H2O/c1-3-6-4-2-5-1;1-2-6-7(3,4)5;/h5H,1-4H2;2H2,1H3,(H,3,4,5);1H2. The Hall–Kier alpha value is -0.250. The first kappa shape index (κ1) is 16.2. The molecule has 88 valence electrons. The van der Waals surface area contributed by atoms with Crippen molar-refractivity contribution >= 4 is 10.4 Å². The van der Waals surface area contributed by atoms with Crippen molar-refractivity contribution in [2.45, 2.75) is 6.92 Å². The molecule has 0 aliphatic carbocycles. The zero-order chi connectivity index (χ0) is 10.2. The molecule has 8 heteroatoms. The molecule has 0 unspecified atom stereocenters. The van der Waals surface area contributed by atoms with Crippen LogP contribution in [0.15, 0.2) is 0 Å². The summed E-state index contributed by atoms with van der Waals surface area (Å²) in [7, 11) is -4.17. The van der Waals surface area contributed by atoms with Gasteiger partial charge in [-0.1, -0.05) is 0 Å². The third kappa shape index (κ3) is 14.3. The van der Waals surface area contributed by atoms with E-state index in [4.69, 9.17) is 9.29 Å². The number of rotatable bonds is 2. The van der Waals surface area contributed by atoms with Crippen LogP contribution in [0.5, 0.6) is 0 Å². The SMILES string of the molecule is C1COCCN1.CCOS(=O)(=O)O.O. The Balaban J connectivity index is 0. The third-order valence-corrected chi connectivity index (χ3v) is 1.65. The van der Waals surface area contributed by atoms with Crippen LogP contribution in [0, 0.1) is 0 Å². The Bertz CT molecular complexity index is 189. The molecule has 1 saturated heterocycles. The molecule has 0 radical (unpaired) electrons. The van der Waals surface area contributed by atoms with Crippen molar-refractivity contribution in [2.75, 3.05) is 32.9 Å². The lowest BCUT2D eigenvalue weighted by Crippen LogP contribution is -2.30. The van der Waals surface area contributed by atoms with E-state index in [0.29, 0.717) is 0 Å². The minimum absolute atomic E-state index is 0. The molecule has 0 aromatic heterocycles. The van der Waals surface area contributed by atoms with E-state index >= 15 is 0 Å². The maximum absolute atomic E-state index is 9.56. The third-order valence-electron chi connectivity index (χ3n) is 1.11. The molecule has 0 aromatic carbocycles. The summed E-state index contributed by atoms with van der Waals surface area (Å²) in [5.74, 6) is 0. The number of hydrogen-bond acceptors (Lipinski definition) is 5. The van der Waals surface area contributed by atoms with Crippen molar-refractivity contribution in [2.24, 2.45) is 0 Å². The van der Waals surface area contributed by atoms with Gasteiger partial charge in [-0.3, -0.25) is 4.55 Å². The average Bonchev–Trinajstić information content (AvgIpc) is 2.06. The maximum atomic E-state index is 9.56. The van der Waals surface area contributed by atoms with Crippen LogP contribution < -0.4 is 5.32 Å². The van der Waals surface area contributed by atoms with E-state index < -0.39 is 10.4 Å². The fourth-order valence-electron chi connectivity index (χ4n) is 0.665. The highest BCUT2D eigenvalue weighted by Gasteiger charge is 1.98. The second-order valence-electron chi connectivity index (χ2n) is 2.20. The van der Waals surface area contributed by atoms with Gasteiger partial charge in [-0.25, -0.2) is 4.18 Å². The van der Waals surface area contributed by atoms with Crippen molar-refractivity contribution in [1.82, 2.24) is 5.32 Å². The van der Waals surface area contributed by atoms with Gasteiger partial charge >= 0.3 is 10.4 Å². The molecule has 1 fully saturated rings. The highest BCUT2D eigenvalue weighted by molar-refractivity contribution is 7.80. The van der Waals surface area contributed by atoms with Crippen molar-refractivity contribution in [3.63, 3.8) is 0 Å². The Morgan fingerprint density at radius 1 is 1.43 bits per heavy atom. The normalized spacial score (nSPS) is 16.1. The fraction of sp³-hybridized carbons (Fsp3) is 1.00. The van der Waals surface area contributed by atoms with Crippen LogP contribution in [-0.2, 0) is 19.3 Å². The second-order valence-corrected chi connectivity index (χ2v) is 3.29. The minimum atomic E-state index is -4.17. The molecule has 1 aliphatic rings. The van der Waals surface area contributed by atoms with Crippen molar-refractivity contribution in [1.29, 1.82) is 0 Å². The Morgan fingerprint density at radius 3 is 2.00 bits per heavy atom. The molecule has 1 rings (SSSR count). The van der Waals surface area contributed by atoms with E-state index in [2.05, 4.69) is 9.50 Å². The monoisotopic (exact) mass is 231 g/mol. The summed E-state index contributed by atoms with van der Waals surface area (Å²) in [4.78, 5) is 0. The zero-order valence-corrected chi connectivity index (χ0v) is 8.84. The highest BCUT2D eigenvalue weighted by Crippen LogP contribution is 1.81. The summed E-state index contributed by atoms with van der Waals surface area (Å²) in [5, 5.41) is 3.16. The van der Waals surface area contributed by atoms with Gasteiger partial charge in [-0.15, -0.1) is 0 Å². The van der Waals surface area contributed by atoms with E-state index in [1.807, 2.05) is 0 Å². The van der Waals surface area contributed by atoms with Crippen LogP contribution in [0.4, 0.5) is 0 Å². The summed E-state index contributed by atoms with van der Waals surface area (Å²) in [5.41, 5.74) is 0. The lowest BCUT2D eigenvalue weighted by molar-refractivity contribution is 0.109. The van der Waals surface area contributed by atoms with E-state index in [-0.39, 0.29) is 12.1 Å². The molecule has 1 aliphatic heterocycles. The molecule has 0 aromatic rings. The van der Waals surface area contributed by atoms with Crippen molar-refractivity contribution < 1.29 is 27.4 Å². The predicted molar refractivity (Wildman–Crippen MR) is 50.5 cm³/mol. The Labute approximate surface area is 83.7 Å². The molecule has 0 spiro atoms. The van der Waals surface area contributed by atoms with E-state index in [1.54, 1.807) is 0 Å². The quantitative estimate of drug-likeness (QED) is 0.565. The van der Waals surface area contributed by atoms with Gasteiger partial charge in [0.2, 0.25) is 0 Å². The van der Waals surface area contributed by atoms with Gasteiger partial charge in [-0.2, -0.15) is 8.42 Å². The molecule has 0 saturated carbocycles. The van der Waals surface area contributed by atoms with Crippen LogP contribution in [0.25, 0.3) is 0 Å². The van der Waals surface area contributed by atoms with Crippen LogP contribution in [0.2, 0.25) is 0 Å². The molecular formula is C6H17NO6S. The molecule has 0 bridgehead atoms. The molecule has 1 heterocycles. The Kier molecular flexibility index (Phi) is 10.8. The van der Waals surface area contributed by atoms with Gasteiger partial charge in [0.05, 0.1) is 19.8 Å². The molecule has 14 heavy (non-hydrogen) atoms. The van der Waals surface area contributed by atoms with Gasteiger partial charge in [0.15, 0.2) is 0 Å². The van der Waals surface area contributed by atoms with E-state index in [9.17, 15) is 8.42 Å². The van der Waals surface area contributed by atoms with Crippen LogP contribution in [0.1, 0.15) is 6.92 Å². The first-order valence-corrected chi connectivity index (χ1v) is 5.33. The van der Waals surface area contributed by atoms with E-state index in [0.717, 1.165) is 26.3 Å². The van der Waals surface area contributed by atoms with Gasteiger partial charge in [0.1, 0.15) is 0 Å². The summed E-state index contributed by atoms with van der Waals surface area (Å²) < 4.78 is 35.7. The van der Waals surface area contributed by atoms with E-state index in [1.165, 1.54) is 6.92 Å². The molecule has 7 nitrogen and oxygen atoms in total. The first-order valence-electron chi connectivity index (χ1n) is 3.96. The lowest BCUT2D eigenvalue weighted by atomic mass is 10.5. The maximum Gasteiger partial charge on any atom is 0.397 e. The number of hydrogen-bond donors (Lipinski definition) is 2.